The van der Waals surface area contributed by atoms with Gasteiger partial charge in [0.25, 0.3) is 0 Å². The van der Waals surface area contributed by atoms with Crippen molar-refractivity contribution in [2.24, 2.45) is 5.34 Å². The van der Waals surface area contributed by atoms with Crippen molar-refractivity contribution in [1.82, 2.24) is 0 Å². The topological polar surface area (TPSA) is 76.0 Å². The Balaban J connectivity index is -0.000000125. The minimum absolute atomic E-state index is 0. The van der Waals surface area contributed by atoms with Crippen molar-refractivity contribution in [2.75, 3.05) is 0 Å². The normalized spacial score (nSPS) is 5.71. The first kappa shape index (κ1) is 10.5. The molecule has 6 heteroatoms. The van der Waals surface area contributed by atoms with Gasteiger partial charge in [-0.2, -0.15) is 0 Å². The van der Waals surface area contributed by atoms with Crippen LogP contribution >= 0.6 is 0 Å². The van der Waals surface area contributed by atoms with Gasteiger partial charge >= 0.3 is 57.5 Å². The molecule has 0 spiro atoms. The molecule has 0 aliphatic rings. The third kappa shape index (κ3) is 10.7. The van der Waals surface area contributed by atoms with E-state index in [-0.39, 0.29) is 52.8 Å². The molecule has 0 aromatic heterocycles. The number of carbonyl (C=O) groups is 1. The molecule has 0 atom stereocenters. The number of hydrogen-bond donors (Lipinski definition) is 1. The molecule has 0 heterocycles. The minimum atomic E-state index is -1.69. The number of rotatable bonds is 1. The first-order valence-electron chi connectivity index (χ1n) is 0.997. The molecule has 0 aliphatic carbocycles. The predicted molar refractivity (Wildman–Crippen MR) is 16.0 cm³/mol. The number of hydrogen-bond acceptors (Lipinski definition) is 4. The molecule has 0 rings (SSSR count). The Morgan fingerprint density at radius 2 is 2.29 bits per heavy atom. The van der Waals surface area contributed by atoms with E-state index in [0.29, 0.717) is 0 Å². The summed E-state index contributed by atoms with van der Waals surface area (Å²) in [5.74, 6) is 0. The Kier molecular flexibility index (Phi) is 9.74. The fourth-order valence-corrected chi connectivity index (χ4v) is 0.0319. The fraction of sp³-hybridized carbons (Fsp3) is 0. The third-order valence-electron chi connectivity index (χ3n) is 0.115. The Bertz CT molecular complexity index is 76.4. The van der Waals surface area contributed by atoms with Crippen LogP contribution in [0, 0.1) is 4.91 Å². The monoisotopic (exact) mass is 131 g/mol. The minimum Gasteiger partial charge on any atom is -1.00 e. The van der Waals surface area contributed by atoms with E-state index in [1.54, 1.807) is 5.34 Å². The molecule has 0 fully saturated rings. The first-order chi connectivity index (χ1) is 2.77. The molecule has 0 saturated heterocycles. The summed E-state index contributed by atoms with van der Waals surface area (Å²) < 4.78 is 0. The molecule has 7 heavy (non-hydrogen) atoms. The zero-order valence-electron chi connectivity index (χ0n) is 4.62. The number of nitrogens with zero attached hydrogens (tertiary/aromatic N) is 1. The van der Waals surface area contributed by atoms with E-state index in [0.717, 1.165) is 0 Å². The Labute approximate surface area is 82.9 Å². The molecule has 0 bridgehead atoms. The van der Waals surface area contributed by atoms with Crippen molar-refractivity contribution >= 4 is 6.16 Å². The average molecular weight is 131 g/mol. The van der Waals surface area contributed by atoms with E-state index in [9.17, 15) is 0 Å². The summed E-state index contributed by atoms with van der Waals surface area (Å²) in [7, 11) is 0. The number of carboxylic acid groups (broad SMARTS) is 1. The smallest absolute Gasteiger partial charge is 1.00 e. The molecule has 0 aromatic carbocycles. The van der Waals surface area contributed by atoms with Gasteiger partial charge < -0.3 is 6.53 Å². The SMILES string of the molecule is O=NOC(=O)O.[H-].[K+]. The maximum atomic E-state index is 9.08. The van der Waals surface area contributed by atoms with Gasteiger partial charge in [-0.15, -0.1) is 4.91 Å². The molecule has 0 saturated carbocycles. The van der Waals surface area contributed by atoms with Crippen molar-refractivity contribution in [2.45, 2.75) is 0 Å². The molecule has 36 valence electrons. The van der Waals surface area contributed by atoms with Gasteiger partial charge in [0.2, 0.25) is 0 Å². The van der Waals surface area contributed by atoms with Gasteiger partial charge in [0.05, 0.1) is 0 Å². The van der Waals surface area contributed by atoms with Crippen molar-refractivity contribution in [1.29, 1.82) is 0 Å². The van der Waals surface area contributed by atoms with Crippen molar-refractivity contribution in [3.8, 4) is 0 Å². The summed E-state index contributed by atoms with van der Waals surface area (Å²) in [5.41, 5.74) is 0. The first-order valence-corrected chi connectivity index (χ1v) is 0.997. The van der Waals surface area contributed by atoms with Crippen molar-refractivity contribution in [3.05, 3.63) is 4.91 Å². The zero-order chi connectivity index (χ0) is 4.99. The Morgan fingerprint density at radius 3 is 2.29 bits per heavy atom. The largest absolute Gasteiger partial charge is 1.00 e. The van der Waals surface area contributed by atoms with Gasteiger partial charge in [-0.25, -0.2) is 9.63 Å². The van der Waals surface area contributed by atoms with Crippen molar-refractivity contribution < 1.29 is 67.5 Å². The predicted octanol–water partition coefficient (Wildman–Crippen LogP) is -2.52. The quantitative estimate of drug-likeness (QED) is 0.242. The van der Waals surface area contributed by atoms with Crippen LogP contribution < -0.4 is 51.4 Å². The Hall–Kier alpha value is 0.506. The Morgan fingerprint density at radius 1 is 1.86 bits per heavy atom. The van der Waals surface area contributed by atoms with Gasteiger partial charge in [-0.3, -0.25) is 0 Å². The molecular weight excluding hydrogens is 129 g/mol. The van der Waals surface area contributed by atoms with Crippen LogP contribution in [0.2, 0.25) is 0 Å². The summed E-state index contributed by atoms with van der Waals surface area (Å²) in [4.78, 5) is 20.9. The summed E-state index contributed by atoms with van der Waals surface area (Å²) >= 11 is 0. The van der Waals surface area contributed by atoms with Crippen molar-refractivity contribution in [3.63, 3.8) is 0 Å². The van der Waals surface area contributed by atoms with Gasteiger partial charge in [0, 0.05) is 0 Å². The van der Waals surface area contributed by atoms with Gasteiger partial charge in [0.15, 0.2) is 5.34 Å². The van der Waals surface area contributed by atoms with E-state index in [1.165, 1.54) is 0 Å². The second-order valence-electron chi connectivity index (χ2n) is 0.432. The molecule has 0 radical (unpaired) electrons. The summed E-state index contributed by atoms with van der Waals surface area (Å²) in [6, 6.07) is 0. The molecule has 0 unspecified atom stereocenters. The summed E-state index contributed by atoms with van der Waals surface area (Å²) in [6.45, 7) is 0. The fourth-order valence-electron chi connectivity index (χ4n) is 0.0319. The van der Waals surface area contributed by atoms with Crippen LogP contribution in [-0.2, 0) is 4.84 Å². The van der Waals surface area contributed by atoms with Crippen LogP contribution in [-0.4, -0.2) is 11.3 Å². The molecular formula is CH2KNO4. The summed E-state index contributed by atoms with van der Waals surface area (Å²) in [5, 5.41) is 8.98. The maximum Gasteiger partial charge on any atom is 1.00 e. The van der Waals surface area contributed by atoms with Gasteiger partial charge in [0.1, 0.15) is 0 Å². The third-order valence-corrected chi connectivity index (χ3v) is 0.115. The average Bonchev–Trinajstić information content (AvgIpc) is 1.35. The van der Waals surface area contributed by atoms with E-state index >= 15 is 0 Å². The van der Waals surface area contributed by atoms with Crippen LogP contribution in [0.15, 0.2) is 5.34 Å². The van der Waals surface area contributed by atoms with Crippen LogP contribution in [0.4, 0.5) is 4.79 Å². The van der Waals surface area contributed by atoms with Gasteiger partial charge in [-0.05, 0) is 0 Å². The van der Waals surface area contributed by atoms with E-state index < -0.39 is 6.16 Å². The zero-order valence-corrected chi connectivity index (χ0v) is 6.74. The molecule has 0 amide bonds. The van der Waals surface area contributed by atoms with Crippen LogP contribution in [0.3, 0.4) is 0 Å². The molecule has 1 N–H and O–H groups in total. The maximum absolute atomic E-state index is 9.08. The summed E-state index contributed by atoms with van der Waals surface area (Å²) in [6.07, 6.45) is -1.69. The molecule has 5 nitrogen and oxygen atoms in total. The van der Waals surface area contributed by atoms with E-state index in [1.807, 2.05) is 0 Å². The molecule has 0 aromatic rings. The van der Waals surface area contributed by atoms with Crippen LogP contribution in [0.1, 0.15) is 1.43 Å². The molecule has 0 aliphatic heterocycles. The standard InChI is InChI=1S/CHNO4.K.H/c3-1(4)6-2-5;;/h(H,3,4);;/q;+1;-1. The van der Waals surface area contributed by atoms with E-state index in [4.69, 9.17) is 14.8 Å². The van der Waals surface area contributed by atoms with Gasteiger partial charge in [-0.1, -0.05) is 0 Å². The second kappa shape index (κ2) is 6.51. The van der Waals surface area contributed by atoms with Crippen LogP contribution in [0.5, 0.6) is 0 Å². The second-order valence-corrected chi connectivity index (χ2v) is 0.432. The van der Waals surface area contributed by atoms with E-state index in [2.05, 4.69) is 4.84 Å². The van der Waals surface area contributed by atoms with Crippen LogP contribution in [0.25, 0.3) is 0 Å².